The number of halogens is 2. The highest BCUT2D eigenvalue weighted by molar-refractivity contribution is 7.20. The number of nitrogens with one attached hydrogen (secondary N) is 1. The van der Waals surface area contributed by atoms with E-state index < -0.39 is 11.8 Å². The van der Waals surface area contributed by atoms with Crippen LogP contribution in [0.25, 0.3) is 15.9 Å². The van der Waals surface area contributed by atoms with Gasteiger partial charge in [0, 0.05) is 5.69 Å². The third kappa shape index (κ3) is 3.11. The summed E-state index contributed by atoms with van der Waals surface area (Å²) in [7, 11) is 1.28. The van der Waals surface area contributed by atoms with Crippen LogP contribution in [0.4, 0.5) is 15.2 Å². The molecule has 2 heterocycles. The monoisotopic (exact) mass is 404 g/mol. The Bertz CT molecular complexity index is 1270. The van der Waals surface area contributed by atoms with Crippen LogP contribution in [0.3, 0.4) is 0 Å². The Morgan fingerprint density at radius 3 is 2.85 bits per heavy atom. The number of fused-ring (bicyclic) bond motifs is 2. The van der Waals surface area contributed by atoms with Gasteiger partial charge in [-0.1, -0.05) is 22.9 Å². The van der Waals surface area contributed by atoms with E-state index in [2.05, 4.69) is 20.1 Å². The van der Waals surface area contributed by atoms with Gasteiger partial charge in [-0.3, -0.25) is 4.79 Å². The van der Waals surface area contributed by atoms with Gasteiger partial charge < -0.3 is 10.1 Å². The molecule has 0 bridgehead atoms. The topological polar surface area (TPSA) is 85.6 Å². The van der Waals surface area contributed by atoms with Crippen molar-refractivity contribution in [3.05, 3.63) is 63.2 Å². The molecule has 4 rings (SSSR count). The molecule has 4 aromatic rings. The first-order chi connectivity index (χ1) is 13.0. The van der Waals surface area contributed by atoms with Crippen LogP contribution in [0.5, 0.6) is 0 Å². The van der Waals surface area contributed by atoms with Gasteiger partial charge in [-0.2, -0.15) is 4.52 Å². The highest BCUT2D eigenvalue weighted by atomic mass is 35.5. The van der Waals surface area contributed by atoms with Crippen LogP contribution in [0, 0.1) is 5.82 Å². The lowest BCUT2D eigenvalue weighted by Crippen LogP contribution is -2.15. The Kier molecular flexibility index (Phi) is 4.25. The van der Waals surface area contributed by atoms with E-state index in [1.807, 2.05) is 0 Å². The molecule has 0 aliphatic carbocycles. The molecule has 0 spiro atoms. The number of nitrogens with zero attached hydrogens (tertiary/aromatic N) is 3. The van der Waals surface area contributed by atoms with Crippen molar-refractivity contribution >= 4 is 55.6 Å². The molecule has 0 saturated heterocycles. The second-order valence-electron chi connectivity index (χ2n) is 5.50. The lowest BCUT2D eigenvalue weighted by atomic mass is 10.1. The maximum Gasteiger partial charge on any atom is 0.337 e. The Balaban J connectivity index is 1.80. The molecule has 0 atom stereocenters. The predicted molar refractivity (Wildman–Crippen MR) is 101 cm³/mol. The van der Waals surface area contributed by atoms with Crippen LogP contribution in [0.15, 0.2) is 41.2 Å². The summed E-state index contributed by atoms with van der Waals surface area (Å²) in [6.45, 7) is 0. The highest BCUT2D eigenvalue weighted by Crippen LogP contribution is 2.26. The van der Waals surface area contributed by atoms with E-state index in [1.165, 1.54) is 43.5 Å². The summed E-state index contributed by atoms with van der Waals surface area (Å²) in [5.74, 6) is -1.05. The number of ether oxygens (including phenoxy) is 1. The minimum absolute atomic E-state index is 0.0301. The van der Waals surface area contributed by atoms with Crippen LogP contribution in [-0.4, -0.2) is 27.7 Å². The summed E-state index contributed by atoms with van der Waals surface area (Å²) >= 11 is 6.90. The number of methoxy groups -OCH3 is 1. The van der Waals surface area contributed by atoms with Crippen LogP contribution in [0.2, 0.25) is 5.02 Å². The van der Waals surface area contributed by atoms with Gasteiger partial charge in [0.2, 0.25) is 10.1 Å². The van der Waals surface area contributed by atoms with E-state index in [0.717, 1.165) is 15.9 Å². The first kappa shape index (κ1) is 17.4. The number of aromatic nitrogens is 3. The summed E-state index contributed by atoms with van der Waals surface area (Å²) in [4.78, 5) is 29.1. The van der Waals surface area contributed by atoms with Crippen LogP contribution in [-0.2, 0) is 4.74 Å². The summed E-state index contributed by atoms with van der Waals surface area (Å²) < 4.78 is 19.1. The third-order valence-corrected chi connectivity index (χ3v) is 4.90. The lowest BCUT2D eigenvalue weighted by molar-refractivity contribution is 0.0601. The van der Waals surface area contributed by atoms with E-state index in [4.69, 9.17) is 11.6 Å². The minimum atomic E-state index is -0.530. The van der Waals surface area contributed by atoms with Crippen molar-refractivity contribution in [1.29, 1.82) is 0 Å². The van der Waals surface area contributed by atoms with Gasteiger partial charge in [0.1, 0.15) is 5.82 Å². The van der Waals surface area contributed by atoms with Crippen molar-refractivity contribution in [2.24, 2.45) is 0 Å². The maximum atomic E-state index is 13.3. The summed E-state index contributed by atoms with van der Waals surface area (Å²) in [6, 6.07) is 8.65. The molecular formula is C17H10ClFN4O3S. The minimum Gasteiger partial charge on any atom is -0.465 e. The number of anilines is 2. The number of benzene rings is 2. The third-order valence-electron chi connectivity index (χ3n) is 3.79. The molecule has 0 fully saturated rings. The van der Waals surface area contributed by atoms with Gasteiger partial charge >= 0.3 is 5.97 Å². The van der Waals surface area contributed by atoms with Gasteiger partial charge in [0.25, 0.3) is 5.56 Å². The normalized spacial score (nSPS) is 11.1. The second kappa shape index (κ2) is 6.60. The predicted octanol–water partition coefficient (Wildman–Crippen LogP) is 3.63. The second-order valence-corrected chi connectivity index (χ2v) is 6.86. The molecule has 10 heteroatoms. The number of hydrogen-bond acceptors (Lipinski definition) is 7. The molecule has 2 aromatic carbocycles. The fraction of sp³-hybridized carbons (Fsp3) is 0.0588. The van der Waals surface area contributed by atoms with Crippen molar-refractivity contribution in [2.45, 2.75) is 0 Å². The summed E-state index contributed by atoms with van der Waals surface area (Å²) in [5.41, 5.74) is 0.812. The van der Waals surface area contributed by atoms with E-state index in [-0.39, 0.29) is 10.6 Å². The maximum absolute atomic E-state index is 13.3. The standard InChI is InChI=1S/C17H10ClFN4O3S/c1-26-15(25)8-2-4-10-13(6-8)21-17-23(14(10)24)22-16(27-17)20-9-3-5-12(19)11(18)7-9/h2-7H,1H3,(H,20,22). The van der Waals surface area contributed by atoms with E-state index in [1.54, 1.807) is 0 Å². The largest absolute Gasteiger partial charge is 0.465 e. The zero-order valence-corrected chi connectivity index (χ0v) is 15.3. The molecule has 0 saturated carbocycles. The molecule has 0 unspecified atom stereocenters. The number of esters is 1. The van der Waals surface area contributed by atoms with E-state index >= 15 is 0 Å². The van der Waals surface area contributed by atoms with Gasteiger partial charge in [-0.15, -0.1) is 5.10 Å². The zero-order chi connectivity index (χ0) is 19.1. The van der Waals surface area contributed by atoms with E-state index in [0.29, 0.717) is 32.2 Å². The molecule has 1 N–H and O–H groups in total. The smallest absolute Gasteiger partial charge is 0.337 e. The van der Waals surface area contributed by atoms with Crippen molar-refractivity contribution in [1.82, 2.24) is 14.6 Å². The van der Waals surface area contributed by atoms with Gasteiger partial charge in [-0.05, 0) is 36.4 Å². The number of hydrogen-bond donors (Lipinski definition) is 1. The van der Waals surface area contributed by atoms with Crippen LogP contribution in [0.1, 0.15) is 10.4 Å². The highest BCUT2D eigenvalue weighted by Gasteiger charge is 2.14. The molecule has 0 aliphatic heterocycles. The lowest BCUT2D eigenvalue weighted by Gasteiger charge is -2.02. The first-order valence-electron chi connectivity index (χ1n) is 7.60. The molecular weight excluding hydrogens is 395 g/mol. The molecule has 27 heavy (non-hydrogen) atoms. The van der Waals surface area contributed by atoms with E-state index in [9.17, 15) is 14.0 Å². The quantitative estimate of drug-likeness (QED) is 0.525. The number of carbonyl (C=O) groups excluding carboxylic acids is 1. The Hall–Kier alpha value is -3.04. The van der Waals surface area contributed by atoms with Crippen molar-refractivity contribution in [3.63, 3.8) is 0 Å². The Morgan fingerprint density at radius 1 is 1.30 bits per heavy atom. The van der Waals surface area contributed by atoms with Crippen molar-refractivity contribution < 1.29 is 13.9 Å². The molecule has 0 amide bonds. The Labute approximate surface area is 160 Å². The average Bonchev–Trinajstić information content (AvgIpc) is 3.06. The molecule has 2 aromatic heterocycles. The molecule has 0 radical (unpaired) electrons. The Morgan fingerprint density at radius 2 is 2.11 bits per heavy atom. The average molecular weight is 405 g/mol. The van der Waals surface area contributed by atoms with Crippen LogP contribution >= 0.6 is 22.9 Å². The molecule has 7 nitrogen and oxygen atoms in total. The first-order valence-corrected chi connectivity index (χ1v) is 8.80. The fourth-order valence-electron chi connectivity index (χ4n) is 2.50. The van der Waals surface area contributed by atoms with Crippen molar-refractivity contribution in [3.8, 4) is 0 Å². The SMILES string of the molecule is COC(=O)c1ccc2c(=O)n3nc(Nc4ccc(F)c(Cl)c4)sc3nc2c1. The zero-order valence-electron chi connectivity index (χ0n) is 13.7. The van der Waals surface area contributed by atoms with Crippen molar-refractivity contribution in [2.75, 3.05) is 12.4 Å². The molecule has 136 valence electrons. The number of rotatable bonds is 3. The molecule has 0 aliphatic rings. The summed E-state index contributed by atoms with van der Waals surface area (Å²) in [6.07, 6.45) is 0. The number of carbonyl (C=O) groups is 1. The fourth-order valence-corrected chi connectivity index (χ4v) is 3.50. The van der Waals surface area contributed by atoms with Crippen LogP contribution < -0.4 is 10.9 Å². The summed E-state index contributed by atoms with van der Waals surface area (Å²) in [5, 5.41) is 7.84. The van der Waals surface area contributed by atoms with Gasteiger partial charge in [-0.25, -0.2) is 14.2 Å². The van der Waals surface area contributed by atoms with Gasteiger partial charge in [0.05, 0.1) is 28.6 Å². The van der Waals surface area contributed by atoms with Gasteiger partial charge in [0.15, 0.2) is 0 Å².